The van der Waals surface area contributed by atoms with E-state index in [0.29, 0.717) is 11.6 Å². The van der Waals surface area contributed by atoms with Crippen molar-refractivity contribution in [1.29, 1.82) is 0 Å². The van der Waals surface area contributed by atoms with Gasteiger partial charge in [-0.2, -0.15) is 0 Å². The third-order valence-electron chi connectivity index (χ3n) is 3.58. The van der Waals surface area contributed by atoms with E-state index in [4.69, 9.17) is 5.11 Å². The van der Waals surface area contributed by atoms with Gasteiger partial charge in [0.05, 0.1) is 5.69 Å². The highest BCUT2D eigenvalue weighted by Gasteiger charge is 2.26. The molecule has 0 spiro atoms. The van der Waals surface area contributed by atoms with Gasteiger partial charge in [-0.3, -0.25) is 5.32 Å². The minimum Gasteiger partial charge on any atom is -0.480 e. The van der Waals surface area contributed by atoms with Crippen LogP contribution in [-0.2, 0) is 17.6 Å². The van der Waals surface area contributed by atoms with Gasteiger partial charge in [0, 0.05) is 4.88 Å². The Morgan fingerprint density at radius 3 is 2.80 bits per heavy atom. The highest BCUT2D eigenvalue weighted by atomic mass is 32.1. The van der Waals surface area contributed by atoms with Crippen molar-refractivity contribution >= 4 is 28.5 Å². The summed E-state index contributed by atoms with van der Waals surface area (Å²) in [4.78, 5) is 28.6. The van der Waals surface area contributed by atoms with Crippen molar-refractivity contribution in [2.75, 3.05) is 5.32 Å². The zero-order valence-electron chi connectivity index (χ0n) is 11.6. The second-order valence-electron chi connectivity index (χ2n) is 5.04. The Bertz CT molecular complexity index is 493. The number of amides is 2. The van der Waals surface area contributed by atoms with Crippen LogP contribution in [-0.4, -0.2) is 28.1 Å². The first-order valence-electron chi connectivity index (χ1n) is 6.80. The zero-order valence-corrected chi connectivity index (χ0v) is 12.4. The molecule has 1 unspecified atom stereocenters. The summed E-state index contributed by atoms with van der Waals surface area (Å²) in [5.41, 5.74) is 1.06. The number of anilines is 1. The summed E-state index contributed by atoms with van der Waals surface area (Å²) in [6.07, 6.45) is 3.78. The topological polar surface area (TPSA) is 91.3 Å². The number of hydrogen-bond acceptors (Lipinski definition) is 4. The van der Waals surface area contributed by atoms with Crippen molar-refractivity contribution in [1.82, 2.24) is 10.3 Å². The fraction of sp³-hybridized carbons (Fsp3) is 0.615. The molecule has 3 N–H and O–H groups in total. The zero-order chi connectivity index (χ0) is 14.7. The first-order valence-corrected chi connectivity index (χ1v) is 7.61. The van der Waals surface area contributed by atoms with Crippen LogP contribution in [0.25, 0.3) is 0 Å². The second-order valence-corrected chi connectivity index (χ2v) is 6.13. The number of aryl methyl sites for hydroxylation is 2. The molecule has 1 aromatic rings. The molecule has 110 valence electrons. The van der Waals surface area contributed by atoms with Gasteiger partial charge < -0.3 is 10.4 Å². The molecule has 7 heteroatoms. The molecular formula is C13H19N3O3S. The number of aromatic nitrogens is 1. The van der Waals surface area contributed by atoms with Crippen molar-refractivity contribution in [2.45, 2.75) is 45.6 Å². The number of carbonyl (C=O) groups excluding carboxylic acids is 1. The molecule has 2 rings (SSSR count). The van der Waals surface area contributed by atoms with E-state index in [2.05, 4.69) is 15.6 Å². The van der Waals surface area contributed by atoms with Gasteiger partial charge in [-0.1, -0.05) is 20.3 Å². The Morgan fingerprint density at radius 2 is 2.20 bits per heavy atom. The molecule has 0 bridgehead atoms. The van der Waals surface area contributed by atoms with E-state index in [1.165, 1.54) is 16.2 Å². The highest BCUT2D eigenvalue weighted by molar-refractivity contribution is 7.15. The van der Waals surface area contributed by atoms with Crippen LogP contribution in [0.4, 0.5) is 9.93 Å². The quantitative estimate of drug-likeness (QED) is 0.777. The van der Waals surface area contributed by atoms with Gasteiger partial charge >= 0.3 is 12.0 Å². The van der Waals surface area contributed by atoms with Gasteiger partial charge in [0.2, 0.25) is 0 Å². The third-order valence-corrected chi connectivity index (χ3v) is 4.65. The molecule has 20 heavy (non-hydrogen) atoms. The maximum atomic E-state index is 11.9. The average Bonchev–Trinajstić information content (AvgIpc) is 2.95. The van der Waals surface area contributed by atoms with Gasteiger partial charge in [0.1, 0.15) is 6.04 Å². The lowest BCUT2D eigenvalue weighted by Crippen LogP contribution is -2.46. The summed E-state index contributed by atoms with van der Waals surface area (Å²) < 4.78 is 0. The molecule has 1 aliphatic carbocycles. The predicted octanol–water partition coefficient (Wildman–Crippen LogP) is 2.25. The number of thiazole rings is 1. The number of carbonyl (C=O) groups is 2. The van der Waals surface area contributed by atoms with Crippen LogP contribution in [0, 0.1) is 5.92 Å². The predicted molar refractivity (Wildman–Crippen MR) is 77.2 cm³/mol. The van der Waals surface area contributed by atoms with Crippen LogP contribution in [0.1, 0.15) is 37.3 Å². The lowest BCUT2D eigenvalue weighted by Gasteiger charge is -2.19. The van der Waals surface area contributed by atoms with Gasteiger partial charge in [0.15, 0.2) is 5.13 Å². The Kier molecular flexibility index (Phi) is 4.59. The number of nitrogens with one attached hydrogen (secondary N) is 2. The average molecular weight is 297 g/mol. The molecule has 0 radical (unpaired) electrons. The van der Waals surface area contributed by atoms with Crippen molar-refractivity contribution in [3.8, 4) is 0 Å². The maximum Gasteiger partial charge on any atom is 0.326 e. The molecular weight excluding hydrogens is 278 g/mol. The van der Waals surface area contributed by atoms with Crippen molar-refractivity contribution < 1.29 is 14.7 Å². The number of fused-ring (bicyclic) bond motifs is 1. The van der Waals surface area contributed by atoms with Crippen LogP contribution in [0.15, 0.2) is 0 Å². The maximum absolute atomic E-state index is 11.9. The summed E-state index contributed by atoms with van der Waals surface area (Å²) in [7, 11) is 0. The molecule has 2 amide bonds. The fourth-order valence-corrected chi connectivity index (χ4v) is 3.25. The monoisotopic (exact) mass is 297 g/mol. The van der Waals surface area contributed by atoms with Crippen LogP contribution < -0.4 is 10.6 Å². The van der Waals surface area contributed by atoms with Crippen molar-refractivity contribution in [3.63, 3.8) is 0 Å². The Balaban J connectivity index is 1.95. The van der Waals surface area contributed by atoms with Crippen LogP contribution in [0.5, 0.6) is 0 Å². The first kappa shape index (κ1) is 14.8. The van der Waals surface area contributed by atoms with Crippen LogP contribution in [0.2, 0.25) is 0 Å². The highest BCUT2D eigenvalue weighted by Crippen LogP contribution is 2.30. The minimum atomic E-state index is -1.02. The van der Waals surface area contributed by atoms with E-state index in [-0.39, 0.29) is 5.92 Å². The van der Waals surface area contributed by atoms with Gasteiger partial charge in [-0.15, -0.1) is 11.3 Å². The molecule has 1 aliphatic rings. The molecule has 2 atom stereocenters. The number of rotatable bonds is 5. The number of nitrogens with zero attached hydrogens (tertiary/aromatic N) is 1. The summed E-state index contributed by atoms with van der Waals surface area (Å²) in [5, 5.41) is 14.8. The molecule has 0 saturated heterocycles. The normalized spacial score (nSPS) is 16.3. The van der Waals surface area contributed by atoms with Gasteiger partial charge in [-0.25, -0.2) is 14.6 Å². The third kappa shape index (κ3) is 3.27. The van der Waals surface area contributed by atoms with Gasteiger partial charge in [0.25, 0.3) is 0 Å². The number of carboxylic acid groups (broad SMARTS) is 1. The standard InChI is InChI=1S/C13H19N3O3S/c1-3-7(2)10(11(17)18)15-12(19)16-13-14-8-5-4-6-9(8)20-13/h7,10H,3-6H2,1-2H3,(H,17,18)(H2,14,15,16,19)/t7?,10-/m0/s1. The van der Waals surface area contributed by atoms with E-state index in [1.807, 2.05) is 6.92 Å². The molecule has 1 heterocycles. The number of aliphatic carboxylic acids is 1. The SMILES string of the molecule is CCC(C)[C@H](NC(=O)Nc1nc2c(s1)CCC2)C(=O)O. The largest absolute Gasteiger partial charge is 0.480 e. The lowest BCUT2D eigenvalue weighted by molar-refractivity contribution is -0.140. The number of urea groups is 1. The first-order chi connectivity index (χ1) is 9.51. The van der Waals surface area contributed by atoms with E-state index in [9.17, 15) is 9.59 Å². The summed E-state index contributed by atoms with van der Waals surface area (Å²) in [6, 6.07) is -1.39. The Labute approximate surface area is 121 Å². The minimum absolute atomic E-state index is 0.125. The molecule has 0 aliphatic heterocycles. The van der Waals surface area contributed by atoms with Crippen molar-refractivity contribution in [3.05, 3.63) is 10.6 Å². The van der Waals surface area contributed by atoms with Gasteiger partial charge in [-0.05, 0) is 25.2 Å². The Hall–Kier alpha value is -1.63. The van der Waals surface area contributed by atoms with Crippen molar-refractivity contribution in [2.24, 2.45) is 5.92 Å². The summed E-state index contributed by atoms with van der Waals surface area (Å²) in [5.74, 6) is -1.14. The molecule has 0 fully saturated rings. The van der Waals surface area contributed by atoms with E-state index < -0.39 is 18.0 Å². The smallest absolute Gasteiger partial charge is 0.326 e. The molecule has 6 nitrogen and oxygen atoms in total. The number of hydrogen-bond donors (Lipinski definition) is 3. The fourth-order valence-electron chi connectivity index (χ4n) is 2.20. The molecule has 0 saturated carbocycles. The van der Waals surface area contributed by atoms with E-state index in [1.54, 1.807) is 6.92 Å². The number of carboxylic acids is 1. The summed E-state index contributed by atoms with van der Waals surface area (Å²) in [6.45, 7) is 3.70. The second kappa shape index (κ2) is 6.21. The Morgan fingerprint density at radius 1 is 1.45 bits per heavy atom. The van der Waals surface area contributed by atoms with Crippen LogP contribution in [0.3, 0.4) is 0 Å². The molecule has 1 aromatic heterocycles. The van der Waals surface area contributed by atoms with E-state index in [0.717, 1.165) is 25.0 Å². The molecule has 0 aromatic carbocycles. The summed E-state index contributed by atoms with van der Waals surface area (Å²) >= 11 is 1.47. The van der Waals surface area contributed by atoms with E-state index >= 15 is 0 Å². The van der Waals surface area contributed by atoms with Crippen LogP contribution >= 0.6 is 11.3 Å². The lowest BCUT2D eigenvalue weighted by atomic mass is 10.00.